The Balaban J connectivity index is 1.92. The number of hydrogen-bond acceptors (Lipinski definition) is 6. The first-order valence-electron chi connectivity index (χ1n) is 13.0. The molecule has 3 aromatic rings. The maximum Gasteiger partial charge on any atom is 0.407 e. The Morgan fingerprint density at radius 3 is 2.27 bits per heavy atom. The summed E-state index contributed by atoms with van der Waals surface area (Å²) in [5.74, 6) is -0.00512. The van der Waals surface area contributed by atoms with E-state index in [0.717, 1.165) is 5.56 Å². The van der Waals surface area contributed by atoms with Gasteiger partial charge in [0.25, 0.3) is 0 Å². The maximum absolute atomic E-state index is 13.9. The van der Waals surface area contributed by atoms with Crippen LogP contribution in [0.15, 0.2) is 66.7 Å². The molecule has 3 rings (SSSR count). The topological polar surface area (TPSA) is 85.9 Å². The van der Waals surface area contributed by atoms with Gasteiger partial charge in [0.1, 0.15) is 24.0 Å². The summed E-state index contributed by atoms with van der Waals surface area (Å²) < 4.78 is 57.7. The molecule has 220 valence electrons. The molecule has 0 radical (unpaired) electrons. The van der Waals surface area contributed by atoms with Crippen LogP contribution in [-0.2, 0) is 33.8 Å². The number of halogens is 3. The monoisotopic (exact) mass is 572 g/mol. The van der Waals surface area contributed by atoms with Crippen LogP contribution < -0.4 is 15.4 Å². The quantitative estimate of drug-likeness (QED) is 0.270. The van der Waals surface area contributed by atoms with Crippen molar-refractivity contribution in [2.24, 2.45) is 0 Å². The number of amides is 1. The second-order valence-electron chi connectivity index (χ2n) is 10.4. The van der Waals surface area contributed by atoms with Crippen molar-refractivity contribution < 1.29 is 37.0 Å². The molecule has 0 fully saturated rings. The molecule has 41 heavy (non-hydrogen) atoms. The molecular formula is C31H35F3N2O5. The summed E-state index contributed by atoms with van der Waals surface area (Å²) in [5.41, 5.74) is 2.45. The number of ether oxygens (including phenoxy) is 3. The molecule has 1 unspecified atom stereocenters. The maximum atomic E-state index is 13.9. The van der Waals surface area contributed by atoms with Crippen molar-refractivity contribution in [2.45, 2.75) is 58.2 Å². The lowest BCUT2D eigenvalue weighted by atomic mass is 9.95. The van der Waals surface area contributed by atoms with E-state index in [1.54, 1.807) is 75.4 Å². The number of methoxy groups -OCH3 is 1. The number of rotatable bonds is 10. The average molecular weight is 573 g/mol. The van der Waals surface area contributed by atoms with Gasteiger partial charge in [0.2, 0.25) is 0 Å². The SMILES string of the molecule is CNC(c1cc(COc2ccccc2CC(=O)OC)cc(-c2cccc(CNC(=O)OC(C)(C)C)c2)c1)C(F)(F)F. The highest BCUT2D eigenvalue weighted by atomic mass is 19.4. The van der Waals surface area contributed by atoms with Gasteiger partial charge in [-0.1, -0.05) is 42.5 Å². The van der Waals surface area contributed by atoms with E-state index < -0.39 is 29.9 Å². The molecule has 0 aliphatic rings. The predicted octanol–water partition coefficient (Wildman–Crippen LogP) is 6.50. The first kappa shape index (κ1) is 31.5. The largest absolute Gasteiger partial charge is 0.489 e. The third kappa shape index (κ3) is 9.53. The van der Waals surface area contributed by atoms with Gasteiger partial charge in [0, 0.05) is 12.1 Å². The first-order valence-corrected chi connectivity index (χ1v) is 13.0. The number of alkyl carbamates (subject to hydrolysis) is 1. The Bertz CT molecular complexity index is 1350. The number of carbonyl (C=O) groups is 2. The lowest BCUT2D eigenvalue weighted by Crippen LogP contribution is -2.32. The van der Waals surface area contributed by atoms with E-state index in [-0.39, 0.29) is 25.1 Å². The van der Waals surface area contributed by atoms with Crippen LogP contribution in [0.25, 0.3) is 11.1 Å². The fourth-order valence-corrected chi connectivity index (χ4v) is 4.18. The molecule has 0 aromatic heterocycles. The van der Waals surface area contributed by atoms with Gasteiger partial charge in [-0.25, -0.2) is 4.79 Å². The van der Waals surface area contributed by atoms with Crippen molar-refractivity contribution in [3.8, 4) is 16.9 Å². The van der Waals surface area contributed by atoms with Crippen molar-refractivity contribution in [1.82, 2.24) is 10.6 Å². The molecule has 0 saturated carbocycles. The lowest BCUT2D eigenvalue weighted by molar-refractivity contribution is -0.156. The molecule has 0 spiro atoms. The standard InChI is InChI=1S/C31H35F3N2O5/c1-30(2,3)41-29(38)36-18-20-9-8-11-22(13-20)24-14-21(15-25(16-24)28(35-4)31(32,33)34)19-40-26-12-7-6-10-23(26)17-27(37)39-5/h6-16,28,35H,17-19H2,1-5H3,(H,36,38). The highest BCUT2D eigenvalue weighted by molar-refractivity contribution is 5.73. The number of hydrogen-bond donors (Lipinski definition) is 2. The second-order valence-corrected chi connectivity index (χ2v) is 10.4. The molecule has 2 N–H and O–H groups in total. The minimum Gasteiger partial charge on any atom is -0.489 e. The van der Waals surface area contributed by atoms with Gasteiger partial charge in [-0.2, -0.15) is 13.2 Å². The number of para-hydroxylation sites is 1. The van der Waals surface area contributed by atoms with Crippen LogP contribution in [0.2, 0.25) is 0 Å². The van der Waals surface area contributed by atoms with E-state index in [1.165, 1.54) is 26.3 Å². The first-order chi connectivity index (χ1) is 19.3. The molecule has 1 amide bonds. The highest BCUT2D eigenvalue weighted by Crippen LogP contribution is 2.35. The van der Waals surface area contributed by atoms with Crippen molar-refractivity contribution in [3.05, 3.63) is 89.0 Å². The number of nitrogens with one attached hydrogen (secondary N) is 2. The van der Waals surface area contributed by atoms with Crippen molar-refractivity contribution in [2.75, 3.05) is 14.2 Å². The average Bonchev–Trinajstić information content (AvgIpc) is 2.90. The summed E-state index contributed by atoms with van der Waals surface area (Å²) >= 11 is 0. The summed E-state index contributed by atoms with van der Waals surface area (Å²) in [6.07, 6.45) is -5.10. The Morgan fingerprint density at radius 1 is 0.902 bits per heavy atom. The van der Waals surface area contributed by atoms with Crippen LogP contribution in [0.1, 0.15) is 49.1 Å². The Hall–Kier alpha value is -4.05. The smallest absolute Gasteiger partial charge is 0.407 e. The normalized spacial score (nSPS) is 12.4. The molecule has 7 nitrogen and oxygen atoms in total. The van der Waals surface area contributed by atoms with Gasteiger partial charge < -0.3 is 24.8 Å². The van der Waals surface area contributed by atoms with Crippen molar-refractivity contribution >= 4 is 12.1 Å². The van der Waals surface area contributed by atoms with Crippen LogP contribution in [-0.4, -0.2) is 38.0 Å². The van der Waals surface area contributed by atoms with Crippen LogP contribution >= 0.6 is 0 Å². The molecule has 0 aliphatic carbocycles. The zero-order valence-corrected chi connectivity index (χ0v) is 23.7. The van der Waals surface area contributed by atoms with Gasteiger partial charge in [-0.3, -0.25) is 4.79 Å². The molecule has 0 bridgehead atoms. The third-order valence-corrected chi connectivity index (χ3v) is 5.99. The molecule has 0 aliphatic heterocycles. The third-order valence-electron chi connectivity index (χ3n) is 5.99. The summed E-state index contributed by atoms with van der Waals surface area (Å²) in [7, 11) is 2.55. The molecule has 0 heterocycles. The van der Waals surface area contributed by atoms with Gasteiger partial charge in [-0.15, -0.1) is 0 Å². The van der Waals surface area contributed by atoms with Crippen LogP contribution in [0, 0.1) is 0 Å². The molecule has 10 heteroatoms. The highest BCUT2D eigenvalue weighted by Gasteiger charge is 2.40. The summed E-state index contributed by atoms with van der Waals surface area (Å²) in [4.78, 5) is 23.9. The van der Waals surface area contributed by atoms with E-state index in [2.05, 4.69) is 10.6 Å². The van der Waals surface area contributed by atoms with Gasteiger partial charge >= 0.3 is 18.2 Å². The van der Waals surface area contributed by atoms with E-state index in [4.69, 9.17) is 14.2 Å². The number of esters is 1. The second kappa shape index (κ2) is 13.5. The lowest BCUT2D eigenvalue weighted by Gasteiger charge is -2.22. The summed E-state index contributed by atoms with van der Waals surface area (Å²) in [6, 6.07) is 16.9. The summed E-state index contributed by atoms with van der Waals surface area (Å²) in [5, 5.41) is 5.05. The molecule has 3 aromatic carbocycles. The fraction of sp³-hybridized carbons (Fsp3) is 0.355. The molecule has 0 saturated heterocycles. The Labute approximate surface area is 238 Å². The van der Waals surface area contributed by atoms with Crippen molar-refractivity contribution in [3.63, 3.8) is 0 Å². The number of benzene rings is 3. The van der Waals surface area contributed by atoms with E-state index in [0.29, 0.717) is 28.0 Å². The van der Waals surface area contributed by atoms with E-state index in [1.807, 2.05) is 0 Å². The fourth-order valence-electron chi connectivity index (χ4n) is 4.18. The summed E-state index contributed by atoms with van der Waals surface area (Å²) in [6.45, 7) is 5.43. The van der Waals surface area contributed by atoms with Gasteiger partial charge in [-0.05, 0) is 79.9 Å². The number of alkyl halides is 3. The van der Waals surface area contributed by atoms with Gasteiger partial charge in [0.15, 0.2) is 0 Å². The van der Waals surface area contributed by atoms with E-state index >= 15 is 0 Å². The van der Waals surface area contributed by atoms with E-state index in [9.17, 15) is 22.8 Å². The predicted molar refractivity (Wildman–Crippen MR) is 149 cm³/mol. The van der Waals surface area contributed by atoms with Crippen LogP contribution in [0.4, 0.5) is 18.0 Å². The zero-order valence-electron chi connectivity index (χ0n) is 23.7. The zero-order chi connectivity index (χ0) is 30.2. The van der Waals surface area contributed by atoms with Gasteiger partial charge in [0.05, 0.1) is 13.5 Å². The Morgan fingerprint density at radius 2 is 1.61 bits per heavy atom. The minimum atomic E-state index is -4.53. The van der Waals surface area contributed by atoms with Crippen molar-refractivity contribution in [1.29, 1.82) is 0 Å². The molecular weight excluding hydrogens is 537 g/mol. The molecule has 1 atom stereocenters. The van der Waals surface area contributed by atoms with Crippen LogP contribution in [0.5, 0.6) is 5.75 Å². The Kier molecular flexibility index (Phi) is 10.4. The number of carbonyl (C=O) groups excluding carboxylic acids is 2. The minimum absolute atomic E-state index is 0.00200. The van der Waals surface area contributed by atoms with Crippen LogP contribution in [0.3, 0.4) is 0 Å².